The Bertz CT molecular complexity index is 587. The number of likely N-dealkylation sites (tertiary alicyclic amines) is 1. The van der Waals surface area contributed by atoms with E-state index in [1.165, 1.54) is 11.1 Å². The van der Waals surface area contributed by atoms with Gasteiger partial charge in [0, 0.05) is 19.6 Å². The summed E-state index contributed by atoms with van der Waals surface area (Å²) in [4.78, 5) is 26.9. The minimum atomic E-state index is -0.298. The Morgan fingerprint density at radius 1 is 1.30 bits per heavy atom. The van der Waals surface area contributed by atoms with Gasteiger partial charge in [-0.2, -0.15) is 0 Å². The lowest BCUT2D eigenvalue weighted by atomic mass is 9.95. The number of rotatable bonds is 4. The summed E-state index contributed by atoms with van der Waals surface area (Å²) in [5.41, 5.74) is 2.49. The molecule has 2 atom stereocenters. The first-order valence-electron chi connectivity index (χ1n) is 8.59. The molecule has 0 aromatic heterocycles. The van der Waals surface area contributed by atoms with Gasteiger partial charge in [-0.1, -0.05) is 31.2 Å². The van der Waals surface area contributed by atoms with Gasteiger partial charge in [-0.3, -0.25) is 9.59 Å². The number of benzene rings is 1. The van der Waals surface area contributed by atoms with Crippen LogP contribution in [0.1, 0.15) is 37.3 Å². The average Bonchev–Trinajstić information content (AvgIpc) is 3.08. The van der Waals surface area contributed by atoms with E-state index in [1.807, 2.05) is 19.1 Å². The van der Waals surface area contributed by atoms with E-state index in [2.05, 4.69) is 22.8 Å². The van der Waals surface area contributed by atoms with Crippen molar-refractivity contribution in [1.82, 2.24) is 15.5 Å². The maximum atomic E-state index is 12.9. The summed E-state index contributed by atoms with van der Waals surface area (Å²) in [6.45, 7) is 4.10. The van der Waals surface area contributed by atoms with Gasteiger partial charge in [0.15, 0.2) is 0 Å². The molecule has 2 aliphatic heterocycles. The van der Waals surface area contributed by atoms with Crippen LogP contribution in [0.25, 0.3) is 0 Å². The highest BCUT2D eigenvalue weighted by atomic mass is 16.2. The number of amides is 2. The van der Waals surface area contributed by atoms with E-state index in [-0.39, 0.29) is 23.9 Å². The summed E-state index contributed by atoms with van der Waals surface area (Å²) in [7, 11) is 0. The highest BCUT2D eigenvalue weighted by molar-refractivity contribution is 5.90. The Morgan fingerprint density at radius 3 is 2.87 bits per heavy atom. The van der Waals surface area contributed by atoms with Crippen LogP contribution in [0, 0.1) is 0 Å². The van der Waals surface area contributed by atoms with Gasteiger partial charge in [-0.15, -0.1) is 0 Å². The van der Waals surface area contributed by atoms with Crippen LogP contribution in [0.2, 0.25) is 0 Å². The summed E-state index contributed by atoms with van der Waals surface area (Å²) in [5.74, 6) is 0.0579. The van der Waals surface area contributed by atoms with E-state index in [4.69, 9.17) is 0 Å². The van der Waals surface area contributed by atoms with Crippen LogP contribution in [-0.4, -0.2) is 41.9 Å². The van der Waals surface area contributed by atoms with Gasteiger partial charge in [0.1, 0.15) is 6.04 Å². The minimum Gasteiger partial charge on any atom is -0.354 e. The van der Waals surface area contributed by atoms with Gasteiger partial charge in [0.25, 0.3) is 0 Å². The fourth-order valence-electron chi connectivity index (χ4n) is 3.50. The first-order valence-corrected chi connectivity index (χ1v) is 8.59. The lowest BCUT2D eigenvalue weighted by Crippen LogP contribution is -2.54. The third kappa shape index (κ3) is 3.39. The molecule has 2 N–H and O–H groups in total. The Balaban J connectivity index is 1.67. The van der Waals surface area contributed by atoms with E-state index in [0.29, 0.717) is 26.1 Å². The Hall–Kier alpha value is -1.88. The van der Waals surface area contributed by atoms with E-state index in [0.717, 1.165) is 19.3 Å². The predicted molar refractivity (Wildman–Crippen MR) is 88.8 cm³/mol. The summed E-state index contributed by atoms with van der Waals surface area (Å²) in [6.07, 6.45) is 3.28. The number of hydrogen-bond donors (Lipinski definition) is 2. The number of fused-ring (bicyclic) bond motifs is 1. The quantitative estimate of drug-likeness (QED) is 0.878. The SMILES string of the molecule is CCCNC(=O)[C@@H]1CCCN1C(=O)[C@@H]1Cc2ccccc2CN1. The average molecular weight is 315 g/mol. The zero-order valence-corrected chi connectivity index (χ0v) is 13.7. The molecule has 5 heteroatoms. The van der Waals surface area contributed by atoms with Gasteiger partial charge in [-0.25, -0.2) is 0 Å². The molecule has 0 spiro atoms. The molecule has 0 aliphatic carbocycles. The van der Waals surface area contributed by atoms with Crippen LogP contribution in [0.5, 0.6) is 0 Å². The minimum absolute atomic E-state index is 0.00564. The van der Waals surface area contributed by atoms with Gasteiger partial charge < -0.3 is 15.5 Å². The smallest absolute Gasteiger partial charge is 0.242 e. The first-order chi connectivity index (χ1) is 11.2. The molecule has 1 aromatic carbocycles. The van der Waals surface area contributed by atoms with Crippen molar-refractivity contribution in [2.24, 2.45) is 0 Å². The van der Waals surface area contributed by atoms with Crippen molar-refractivity contribution >= 4 is 11.8 Å². The molecule has 0 bridgehead atoms. The van der Waals surface area contributed by atoms with Crippen LogP contribution in [0.15, 0.2) is 24.3 Å². The molecule has 0 radical (unpaired) electrons. The second-order valence-electron chi connectivity index (χ2n) is 6.39. The fourth-order valence-corrected chi connectivity index (χ4v) is 3.50. The Kier molecular flexibility index (Phi) is 4.96. The van der Waals surface area contributed by atoms with Crippen molar-refractivity contribution in [2.45, 2.75) is 51.2 Å². The molecule has 0 saturated carbocycles. The summed E-state index contributed by atoms with van der Waals surface area (Å²) < 4.78 is 0. The molecule has 5 nitrogen and oxygen atoms in total. The monoisotopic (exact) mass is 315 g/mol. The van der Waals surface area contributed by atoms with Crippen molar-refractivity contribution in [1.29, 1.82) is 0 Å². The molecule has 2 aliphatic rings. The third-order valence-corrected chi connectivity index (χ3v) is 4.77. The largest absolute Gasteiger partial charge is 0.354 e. The molecule has 1 saturated heterocycles. The molecule has 23 heavy (non-hydrogen) atoms. The fraction of sp³-hybridized carbons (Fsp3) is 0.556. The maximum Gasteiger partial charge on any atom is 0.242 e. The molecular weight excluding hydrogens is 290 g/mol. The van der Waals surface area contributed by atoms with Crippen LogP contribution >= 0.6 is 0 Å². The van der Waals surface area contributed by atoms with Crippen molar-refractivity contribution in [3.8, 4) is 0 Å². The molecule has 1 fully saturated rings. The van der Waals surface area contributed by atoms with Gasteiger partial charge >= 0.3 is 0 Å². The van der Waals surface area contributed by atoms with Crippen LogP contribution in [0.4, 0.5) is 0 Å². The van der Waals surface area contributed by atoms with E-state index < -0.39 is 0 Å². The molecule has 2 heterocycles. The number of carbonyl (C=O) groups excluding carboxylic acids is 2. The first kappa shape index (κ1) is 16.0. The van der Waals surface area contributed by atoms with Crippen molar-refractivity contribution in [3.05, 3.63) is 35.4 Å². The summed E-state index contributed by atoms with van der Waals surface area (Å²) in [5, 5.41) is 6.26. The van der Waals surface area contributed by atoms with Crippen molar-refractivity contribution < 1.29 is 9.59 Å². The van der Waals surface area contributed by atoms with E-state index in [1.54, 1.807) is 4.90 Å². The molecule has 2 amide bonds. The van der Waals surface area contributed by atoms with Crippen LogP contribution < -0.4 is 10.6 Å². The zero-order chi connectivity index (χ0) is 16.2. The molecular formula is C18H25N3O2. The van der Waals surface area contributed by atoms with Gasteiger partial charge in [-0.05, 0) is 36.8 Å². The predicted octanol–water partition coefficient (Wildman–Crippen LogP) is 1.22. The lowest BCUT2D eigenvalue weighted by molar-refractivity contribution is -0.140. The standard InChI is InChI=1S/C18H25N3O2/c1-2-9-19-17(22)16-8-5-10-21(16)18(23)15-11-13-6-3-4-7-14(13)12-20-15/h3-4,6-7,15-16,20H,2,5,8-12H2,1H3,(H,19,22)/t15-,16-/m0/s1. The summed E-state index contributed by atoms with van der Waals surface area (Å²) >= 11 is 0. The number of nitrogens with zero attached hydrogens (tertiary/aromatic N) is 1. The Morgan fingerprint density at radius 2 is 2.09 bits per heavy atom. The molecule has 1 aromatic rings. The lowest BCUT2D eigenvalue weighted by Gasteiger charge is -2.31. The normalized spacial score (nSPS) is 23.4. The van der Waals surface area contributed by atoms with Crippen molar-refractivity contribution in [2.75, 3.05) is 13.1 Å². The van der Waals surface area contributed by atoms with Gasteiger partial charge in [0.05, 0.1) is 6.04 Å². The number of nitrogens with one attached hydrogen (secondary N) is 2. The Labute approximate surface area is 137 Å². The van der Waals surface area contributed by atoms with E-state index >= 15 is 0 Å². The third-order valence-electron chi connectivity index (χ3n) is 4.77. The second-order valence-corrected chi connectivity index (χ2v) is 6.39. The molecule has 124 valence electrons. The maximum absolute atomic E-state index is 12.9. The van der Waals surface area contributed by atoms with Crippen molar-refractivity contribution in [3.63, 3.8) is 0 Å². The van der Waals surface area contributed by atoms with E-state index in [9.17, 15) is 9.59 Å². The second kappa shape index (κ2) is 7.13. The summed E-state index contributed by atoms with van der Waals surface area (Å²) in [6, 6.07) is 7.71. The number of hydrogen-bond acceptors (Lipinski definition) is 3. The highest BCUT2D eigenvalue weighted by Gasteiger charge is 2.37. The molecule has 0 unspecified atom stereocenters. The van der Waals surface area contributed by atoms with Crippen LogP contribution in [0.3, 0.4) is 0 Å². The van der Waals surface area contributed by atoms with Gasteiger partial charge in [0.2, 0.25) is 11.8 Å². The molecule has 3 rings (SSSR count). The number of carbonyl (C=O) groups is 2. The topological polar surface area (TPSA) is 61.4 Å². The van der Waals surface area contributed by atoms with Crippen LogP contribution in [-0.2, 0) is 22.6 Å². The highest BCUT2D eigenvalue weighted by Crippen LogP contribution is 2.22. The zero-order valence-electron chi connectivity index (χ0n) is 13.7.